The number of hydrogen-bond acceptors (Lipinski definition) is 5. The molecule has 0 unspecified atom stereocenters. The van der Waals surface area contributed by atoms with Gasteiger partial charge in [0.2, 0.25) is 0 Å². The summed E-state index contributed by atoms with van der Waals surface area (Å²) in [7, 11) is 0. The Hall–Kier alpha value is -3.27. The Bertz CT molecular complexity index is 1430. The van der Waals surface area contributed by atoms with Crippen molar-refractivity contribution in [3.8, 4) is 22.6 Å². The van der Waals surface area contributed by atoms with Crippen LogP contribution in [-0.2, 0) is 4.74 Å². The number of halogens is 3. The average molecular weight is 772 g/mol. The van der Waals surface area contributed by atoms with Crippen molar-refractivity contribution in [2.45, 2.75) is 132 Å². The van der Waals surface area contributed by atoms with Crippen LogP contribution in [0.2, 0.25) is 21.0 Å². The smallest absolute Gasteiger partial charge is 0.167 e. The van der Waals surface area contributed by atoms with Crippen molar-refractivity contribution in [1.29, 1.82) is 0 Å². The molecule has 0 saturated carbocycles. The molecular weight excluding hydrogens is 714 g/mol. The third-order valence-corrected chi connectivity index (χ3v) is 22.6. The molecule has 280 valence electrons. The molecule has 9 heteroatoms. The minimum absolute atomic E-state index is 0.0448. The van der Waals surface area contributed by atoms with E-state index in [4.69, 9.17) is 14.2 Å². The van der Waals surface area contributed by atoms with Crippen LogP contribution in [0.3, 0.4) is 0 Å². The summed E-state index contributed by atoms with van der Waals surface area (Å²) < 4.78 is 56.6. The molecule has 0 spiro atoms. The van der Waals surface area contributed by atoms with Crippen LogP contribution >= 0.6 is 0 Å². The van der Waals surface area contributed by atoms with E-state index < -0.39 is 37.5 Å². The summed E-state index contributed by atoms with van der Waals surface area (Å²) >= 11 is -1.51. The number of ether oxygens (including phenoxy) is 3. The molecule has 0 amide bonds. The number of alkyl halides is 3. The second kappa shape index (κ2) is 21.9. The number of rotatable bonds is 23. The Kier molecular flexibility index (Phi) is 18.1. The van der Waals surface area contributed by atoms with E-state index in [1.54, 1.807) is 60.7 Å². The molecule has 0 radical (unpaired) electrons. The molecule has 3 rings (SSSR count). The van der Waals surface area contributed by atoms with E-state index in [0.29, 0.717) is 30.8 Å². The monoisotopic (exact) mass is 772 g/mol. The second-order valence-electron chi connectivity index (χ2n) is 13.6. The van der Waals surface area contributed by atoms with Gasteiger partial charge in [0.05, 0.1) is 11.1 Å². The van der Waals surface area contributed by atoms with Gasteiger partial charge >= 0.3 is 153 Å². The first kappa shape index (κ1) is 42.1. The number of hydrogen-bond donors (Lipinski definition) is 0. The summed E-state index contributed by atoms with van der Waals surface area (Å²) in [4.78, 5) is 25.2. The molecule has 1 atom stereocenters. The quantitative estimate of drug-likeness (QED) is 0.0416. The van der Waals surface area contributed by atoms with E-state index in [0.717, 1.165) is 42.6 Å². The van der Waals surface area contributed by atoms with Crippen molar-refractivity contribution in [2.75, 3.05) is 6.61 Å². The number of carbonyl (C=O) groups excluding carboxylic acids is 2. The molecule has 51 heavy (non-hydrogen) atoms. The van der Waals surface area contributed by atoms with Crippen LogP contribution in [0.25, 0.3) is 11.1 Å². The molecule has 0 N–H and O–H groups in total. The van der Waals surface area contributed by atoms with Gasteiger partial charge < -0.3 is 9.47 Å². The summed E-state index contributed by atoms with van der Waals surface area (Å²) in [6.07, 6.45) is 3.24. The molecule has 3 aromatic rings. The van der Waals surface area contributed by atoms with Gasteiger partial charge in [-0.15, -0.1) is 0 Å². The van der Waals surface area contributed by atoms with Gasteiger partial charge in [0.25, 0.3) is 0 Å². The molecule has 0 saturated heterocycles. The summed E-state index contributed by atoms with van der Waals surface area (Å²) in [5.74, 6) is -0.405. The minimum Gasteiger partial charge on any atom is -0.167 e. The van der Waals surface area contributed by atoms with Crippen LogP contribution in [0, 0.1) is 0 Å². The van der Waals surface area contributed by atoms with Gasteiger partial charge in [-0.25, -0.2) is 9.59 Å². The molecule has 0 aliphatic carbocycles. The van der Waals surface area contributed by atoms with Crippen LogP contribution in [0.1, 0.15) is 119 Å². The fraction of sp³-hybridized carbons (Fsp3) is 0.524. The van der Waals surface area contributed by atoms with Crippen molar-refractivity contribution in [2.24, 2.45) is 0 Å². The summed E-state index contributed by atoms with van der Waals surface area (Å²) in [6, 6.07) is 20.0. The topological polar surface area (TPSA) is 61.8 Å². The van der Waals surface area contributed by atoms with Gasteiger partial charge in [-0.1, -0.05) is 50.5 Å². The van der Waals surface area contributed by atoms with Crippen molar-refractivity contribution in [1.82, 2.24) is 0 Å². The maximum absolute atomic E-state index is 13.4. The predicted octanol–water partition coefficient (Wildman–Crippen LogP) is 12.9. The minimum atomic E-state index is -4.62. The van der Waals surface area contributed by atoms with Gasteiger partial charge in [0, 0.05) is 0 Å². The van der Waals surface area contributed by atoms with Gasteiger partial charge in [-0.05, 0) is 48.2 Å². The number of unbranched alkanes of at least 4 members (excludes halogenated alkanes) is 8. The average Bonchev–Trinajstić information content (AvgIpc) is 3.14. The zero-order valence-electron chi connectivity index (χ0n) is 31.0. The van der Waals surface area contributed by atoms with Crippen LogP contribution in [0.4, 0.5) is 13.2 Å². The van der Waals surface area contributed by atoms with Crippen LogP contribution in [0.5, 0.6) is 11.5 Å². The van der Waals surface area contributed by atoms with Crippen molar-refractivity contribution < 1.29 is 37.0 Å². The molecule has 0 aliphatic heterocycles. The third-order valence-electron chi connectivity index (χ3n) is 10.2. The summed E-state index contributed by atoms with van der Waals surface area (Å²) in [5.41, 5.74) is 1.98. The van der Waals surface area contributed by atoms with Crippen molar-refractivity contribution >= 4 is 25.2 Å². The number of carbonyl (C=O) groups is 2. The normalized spacial score (nSPS) is 12.4. The van der Waals surface area contributed by atoms with E-state index in [9.17, 15) is 22.8 Å². The van der Waals surface area contributed by atoms with E-state index in [1.165, 1.54) is 58.8 Å². The van der Waals surface area contributed by atoms with E-state index >= 15 is 0 Å². The standard InChI is InChI=1S/C42H57F3GeO5/c1-5-9-10-15-18-39(42(43,44)45)51-41(48)35-21-19-33(20-22-35)34-23-29-38(30-24-34)50-40(47)36-25-27-37(28-26-36)49-32-17-14-12-11-13-16-31-46(6-2,7-3)8-4/h19-30,39H,5-18,31-32H2,1-4H3/t39-/m1/s1. The second-order valence-corrected chi connectivity index (χ2v) is 25.4. The molecule has 0 aromatic heterocycles. The van der Waals surface area contributed by atoms with Gasteiger partial charge in [-0.3, -0.25) is 0 Å². The fourth-order valence-corrected chi connectivity index (χ4v) is 13.9. The van der Waals surface area contributed by atoms with E-state index in [2.05, 4.69) is 20.8 Å². The Balaban J connectivity index is 1.40. The van der Waals surface area contributed by atoms with Gasteiger partial charge in [0.15, 0.2) is 6.10 Å². The van der Waals surface area contributed by atoms with E-state index in [-0.39, 0.29) is 12.0 Å². The third kappa shape index (κ3) is 14.3. The van der Waals surface area contributed by atoms with E-state index in [1.807, 2.05) is 6.92 Å². The van der Waals surface area contributed by atoms with Gasteiger partial charge in [-0.2, -0.15) is 13.2 Å². The maximum atomic E-state index is 13.4. The van der Waals surface area contributed by atoms with Crippen LogP contribution in [0.15, 0.2) is 72.8 Å². The van der Waals surface area contributed by atoms with Gasteiger partial charge in [0.1, 0.15) is 5.75 Å². The van der Waals surface area contributed by atoms with Crippen molar-refractivity contribution in [3.63, 3.8) is 0 Å². The Morgan fingerprint density at radius 2 is 1.10 bits per heavy atom. The molecule has 0 heterocycles. The van der Waals surface area contributed by atoms with Crippen LogP contribution in [-0.4, -0.2) is 44.1 Å². The molecular formula is C42H57F3GeO5. The van der Waals surface area contributed by atoms with Crippen LogP contribution < -0.4 is 9.47 Å². The zero-order valence-corrected chi connectivity index (χ0v) is 33.1. The first-order valence-electron chi connectivity index (χ1n) is 19.0. The summed E-state index contributed by atoms with van der Waals surface area (Å²) in [6.45, 7) is 9.85. The first-order valence-corrected chi connectivity index (χ1v) is 24.9. The molecule has 0 bridgehead atoms. The zero-order chi connectivity index (χ0) is 37.1. The fourth-order valence-electron chi connectivity index (χ4n) is 6.39. The molecule has 5 nitrogen and oxygen atoms in total. The predicted molar refractivity (Wildman–Crippen MR) is 202 cm³/mol. The van der Waals surface area contributed by atoms with Crippen molar-refractivity contribution in [3.05, 3.63) is 83.9 Å². The first-order chi connectivity index (χ1) is 24.5. The SMILES string of the molecule is CCCCCC[C@@H](OC(=O)c1ccc(-c2ccc(OC(=O)c3ccc(OCCCCCCC[CH2][Ge]([CH2]C)([CH2]C)[CH2]C)cc3)cc2)cc1)C(F)(F)F. The molecule has 0 fully saturated rings. The molecule has 0 aliphatic rings. The Labute approximate surface area is 306 Å². The Morgan fingerprint density at radius 3 is 1.67 bits per heavy atom. The molecule has 3 aromatic carbocycles. The number of benzene rings is 3. The number of esters is 2. The Morgan fingerprint density at radius 1 is 0.608 bits per heavy atom. The summed E-state index contributed by atoms with van der Waals surface area (Å²) in [5, 5.41) is 5.92.